The highest BCUT2D eigenvalue weighted by molar-refractivity contribution is 7.44. The van der Waals surface area contributed by atoms with Crippen molar-refractivity contribution < 1.29 is 32.7 Å². The molecule has 3 heterocycles. The number of imidazole rings is 1. The van der Waals surface area contributed by atoms with Crippen LogP contribution in [0.25, 0.3) is 11.2 Å². The van der Waals surface area contributed by atoms with Gasteiger partial charge in [0.05, 0.1) is 46.3 Å². The van der Waals surface area contributed by atoms with Gasteiger partial charge in [0.2, 0.25) is 5.95 Å². The third kappa shape index (κ3) is 8.68. The van der Waals surface area contributed by atoms with Crippen molar-refractivity contribution >= 4 is 25.6 Å². The summed E-state index contributed by atoms with van der Waals surface area (Å²) >= 11 is 0. The van der Waals surface area contributed by atoms with Gasteiger partial charge in [0.1, 0.15) is 35.4 Å². The molecule has 3 N–H and O–H groups in total. The number of nitrogens with two attached hydrogens (primary N) is 1. The molecule has 1 aliphatic heterocycles. The van der Waals surface area contributed by atoms with E-state index in [1.165, 1.54) is 6.33 Å². The quantitative estimate of drug-likeness (QED) is 0.0573. The minimum atomic E-state index is -1.76. The van der Waals surface area contributed by atoms with E-state index in [1.54, 1.807) is 25.9 Å². The minimum absolute atomic E-state index is 0.0124. The molecule has 0 radical (unpaired) electrons. The second-order valence-corrected chi connectivity index (χ2v) is 15.4. The predicted molar refractivity (Wildman–Crippen MR) is 216 cm³/mol. The van der Waals surface area contributed by atoms with E-state index >= 15 is 0 Å². The van der Waals surface area contributed by atoms with Crippen LogP contribution in [0.3, 0.4) is 0 Å². The average Bonchev–Trinajstić information content (AvgIpc) is 3.79. The maximum absolute atomic E-state index is 12.9. The van der Waals surface area contributed by atoms with E-state index in [1.807, 2.05) is 78.9 Å². The summed E-state index contributed by atoms with van der Waals surface area (Å²) in [5, 5.41) is 9.40. The summed E-state index contributed by atoms with van der Waals surface area (Å²) in [6.45, 7) is 8.42. The van der Waals surface area contributed by atoms with Crippen LogP contribution in [0.5, 0.6) is 11.5 Å². The van der Waals surface area contributed by atoms with Crippen molar-refractivity contribution in [3.8, 4) is 17.6 Å². The third-order valence-corrected chi connectivity index (χ3v) is 11.9. The summed E-state index contributed by atoms with van der Waals surface area (Å²) in [6.07, 6.45) is -1.60. The highest BCUT2D eigenvalue weighted by Crippen LogP contribution is 2.51. The summed E-state index contributed by atoms with van der Waals surface area (Å²) in [6, 6.07) is 27.7. The average molecular weight is 800 g/mol. The SMILES string of the molecule is COc1ccc(C(OC[C@H]2O[C@@H](n3cnc4c(=O)[nH]c(N)nc43)[C@H](OC)[C@@H]2OP(OCCC#N)N(C(C)C)C(C)C)(c2ccccc2)c2ccc(OC)cc2)cc1. The number of fused-ring (bicyclic) bond motifs is 1. The van der Waals surface area contributed by atoms with Crippen LogP contribution in [0, 0.1) is 11.3 Å². The molecule has 57 heavy (non-hydrogen) atoms. The van der Waals surface area contributed by atoms with Gasteiger partial charge in [0.25, 0.3) is 14.1 Å². The van der Waals surface area contributed by atoms with Crippen LogP contribution in [0.1, 0.15) is 57.0 Å². The van der Waals surface area contributed by atoms with Crippen LogP contribution in [-0.2, 0) is 28.9 Å². The lowest BCUT2D eigenvalue weighted by atomic mass is 9.80. The molecule has 16 heteroatoms. The number of ether oxygens (including phenoxy) is 5. The zero-order valence-electron chi connectivity index (χ0n) is 33.2. The second kappa shape index (κ2) is 18.6. The highest BCUT2D eigenvalue weighted by Gasteiger charge is 2.51. The molecule has 15 nitrogen and oxygen atoms in total. The molecule has 1 unspecified atom stereocenters. The number of nitrogens with zero attached hydrogens (tertiary/aromatic N) is 5. The van der Waals surface area contributed by atoms with Gasteiger partial charge < -0.3 is 38.5 Å². The maximum Gasteiger partial charge on any atom is 0.280 e. The van der Waals surface area contributed by atoms with Gasteiger partial charge in [-0.05, 0) is 68.7 Å². The van der Waals surface area contributed by atoms with Gasteiger partial charge >= 0.3 is 0 Å². The van der Waals surface area contributed by atoms with Gasteiger partial charge in [0, 0.05) is 19.2 Å². The molecule has 0 aliphatic carbocycles. The lowest BCUT2D eigenvalue weighted by Gasteiger charge is -2.39. The molecule has 0 amide bonds. The van der Waals surface area contributed by atoms with Crippen LogP contribution in [-0.4, -0.2) is 89.1 Å². The Morgan fingerprint density at radius 2 is 1.53 bits per heavy atom. The molecule has 1 saturated heterocycles. The first-order valence-corrected chi connectivity index (χ1v) is 19.8. The Labute approximate surface area is 333 Å². The lowest BCUT2D eigenvalue weighted by molar-refractivity contribution is -0.0938. The molecule has 5 aromatic rings. The molecule has 5 atom stereocenters. The van der Waals surface area contributed by atoms with Crippen molar-refractivity contribution in [3.63, 3.8) is 0 Å². The summed E-state index contributed by atoms with van der Waals surface area (Å²) in [4.78, 5) is 24.1. The van der Waals surface area contributed by atoms with Crippen molar-refractivity contribution in [1.29, 1.82) is 5.26 Å². The van der Waals surface area contributed by atoms with E-state index in [0.717, 1.165) is 16.7 Å². The van der Waals surface area contributed by atoms with Crippen LogP contribution in [0.2, 0.25) is 0 Å². The van der Waals surface area contributed by atoms with Gasteiger partial charge in [-0.2, -0.15) is 10.2 Å². The van der Waals surface area contributed by atoms with Gasteiger partial charge in [-0.15, -0.1) is 0 Å². The Morgan fingerprint density at radius 1 is 0.930 bits per heavy atom. The number of aromatic nitrogens is 4. The smallest absolute Gasteiger partial charge is 0.280 e. The van der Waals surface area contributed by atoms with E-state index in [2.05, 4.69) is 53.4 Å². The van der Waals surface area contributed by atoms with Crippen molar-refractivity contribution in [1.82, 2.24) is 24.2 Å². The number of hydrogen-bond acceptors (Lipinski definition) is 13. The number of nitrogen functional groups attached to an aromatic ring is 1. The number of rotatable bonds is 18. The predicted octanol–water partition coefficient (Wildman–Crippen LogP) is 6.30. The number of hydrogen-bond donors (Lipinski definition) is 2. The first-order chi connectivity index (χ1) is 27.6. The number of nitrogens with one attached hydrogen (secondary N) is 1. The molecule has 6 rings (SSSR count). The Balaban J connectivity index is 1.49. The molecule has 2 aromatic heterocycles. The van der Waals surface area contributed by atoms with Crippen LogP contribution in [0.15, 0.2) is 90.0 Å². The normalized spacial score (nSPS) is 19.0. The summed E-state index contributed by atoms with van der Waals surface area (Å²) in [5.74, 6) is 1.32. The van der Waals surface area contributed by atoms with Gasteiger partial charge in [-0.1, -0.05) is 54.6 Å². The Hall–Kier alpha value is -4.91. The third-order valence-electron chi connectivity index (χ3n) is 9.79. The minimum Gasteiger partial charge on any atom is -0.497 e. The number of benzene rings is 3. The molecule has 0 spiro atoms. The van der Waals surface area contributed by atoms with E-state index in [-0.39, 0.29) is 48.8 Å². The fraction of sp³-hybridized carbons (Fsp3) is 0.415. The number of H-pyrrole nitrogens is 1. The summed E-state index contributed by atoms with van der Waals surface area (Å²) in [5.41, 5.74) is 7.19. The molecule has 302 valence electrons. The zero-order chi connectivity index (χ0) is 40.7. The molecule has 3 aromatic carbocycles. The molecule has 0 bridgehead atoms. The van der Waals surface area contributed by atoms with E-state index in [4.69, 9.17) is 38.5 Å². The molecular weight excluding hydrogens is 749 g/mol. The Morgan fingerprint density at radius 3 is 2.07 bits per heavy atom. The fourth-order valence-electron chi connectivity index (χ4n) is 7.25. The summed E-state index contributed by atoms with van der Waals surface area (Å²) < 4.78 is 48.7. The van der Waals surface area contributed by atoms with E-state index in [9.17, 15) is 10.1 Å². The zero-order valence-corrected chi connectivity index (χ0v) is 34.1. The van der Waals surface area contributed by atoms with E-state index < -0.39 is 44.2 Å². The lowest BCUT2D eigenvalue weighted by Crippen LogP contribution is -2.42. The van der Waals surface area contributed by atoms with Gasteiger partial charge in [-0.3, -0.25) is 14.3 Å². The second-order valence-electron chi connectivity index (χ2n) is 14.0. The maximum atomic E-state index is 12.9. The first kappa shape index (κ1) is 41.7. The number of methoxy groups -OCH3 is 3. The first-order valence-electron chi connectivity index (χ1n) is 18.7. The Bertz CT molecular complexity index is 2100. The fourth-order valence-corrected chi connectivity index (χ4v) is 9.02. The standard InChI is InChI=1S/C41H50N7O8P/c1-26(2)48(27(3)4)57(54-23-11-22-42)56-35-33(55-39(36(35)52-7)47-25-44-34-37(47)45-40(43)46-38(34)49)24-53-41(28-12-9-8-10-13-28,29-14-18-31(50-5)19-15-29)30-16-20-32(51-6)21-17-30/h8-10,12-21,25-27,33,35-36,39H,11,23-24H2,1-7H3,(H3,43,45,46,49)/t33-,35-,36-,39-,57?/m1/s1. The van der Waals surface area contributed by atoms with Crippen LogP contribution in [0.4, 0.5) is 5.95 Å². The van der Waals surface area contributed by atoms with Crippen LogP contribution < -0.4 is 20.8 Å². The highest BCUT2D eigenvalue weighted by atomic mass is 31.2. The Kier molecular flexibility index (Phi) is 13.6. The topological polar surface area (TPSA) is 181 Å². The van der Waals surface area contributed by atoms with Gasteiger partial charge in [-0.25, -0.2) is 9.65 Å². The van der Waals surface area contributed by atoms with Crippen molar-refractivity contribution in [2.75, 3.05) is 40.3 Å². The number of nitriles is 1. The van der Waals surface area contributed by atoms with Crippen molar-refractivity contribution in [2.24, 2.45) is 0 Å². The summed E-state index contributed by atoms with van der Waals surface area (Å²) in [7, 11) is 3.06. The number of anilines is 1. The van der Waals surface area contributed by atoms with Gasteiger partial charge in [0.15, 0.2) is 17.4 Å². The molecule has 0 saturated carbocycles. The van der Waals surface area contributed by atoms with Crippen molar-refractivity contribution in [3.05, 3.63) is 112 Å². The molecular formula is C41H50N7O8P. The largest absolute Gasteiger partial charge is 0.497 e. The molecule has 1 fully saturated rings. The van der Waals surface area contributed by atoms with Crippen LogP contribution >= 0.6 is 8.53 Å². The monoisotopic (exact) mass is 799 g/mol. The number of aromatic amines is 1. The van der Waals surface area contributed by atoms with E-state index in [0.29, 0.717) is 11.5 Å². The van der Waals surface area contributed by atoms with Crippen molar-refractivity contribution in [2.45, 2.75) is 76.3 Å². The molecule has 1 aliphatic rings.